The van der Waals surface area contributed by atoms with E-state index in [1.165, 1.54) is 27.8 Å². The minimum atomic E-state index is -0.618. The third kappa shape index (κ3) is 5.39. The number of nitrogens with zero attached hydrogens (tertiary/aromatic N) is 5. The Labute approximate surface area is 215 Å². The number of rotatable bonds is 9. The van der Waals surface area contributed by atoms with Crippen molar-refractivity contribution in [1.29, 1.82) is 0 Å². The van der Waals surface area contributed by atoms with Gasteiger partial charge in [0.05, 0.1) is 36.8 Å². The second-order valence-electron chi connectivity index (χ2n) is 8.83. The van der Waals surface area contributed by atoms with Crippen LogP contribution in [0.4, 0.5) is 20.7 Å². The van der Waals surface area contributed by atoms with Gasteiger partial charge in [-0.3, -0.25) is 19.2 Å². The maximum absolute atomic E-state index is 15.1. The number of imidazole rings is 1. The first kappa shape index (κ1) is 25.1. The van der Waals surface area contributed by atoms with Gasteiger partial charge in [-0.15, -0.1) is 0 Å². The molecule has 38 heavy (non-hydrogen) atoms. The summed E-state index contributed by atoms with van der Waals surface area (Å²) in [5.41, 5.74) is 6.65. The summed E-state index contributed by atoms with van der Waals surface area (Å²) < 4.78 is 33.2. The zero-order valence-electron chi connectivity index (χ0n) is 20.0. The van der Waals surface area contributed by atoms with Gasteiger partial charge in [0, 0.05) is 17.0 Å². The number of halogens is 1. The molecule has 2 amide bonds. The fraction of sp³-hybridized carbons (Fsp3) is 0.333. The van der Waals surface area contributed by atoms with Crippen molar-refractivity contribution in [3.05, 3.63) is 64.2 Å². The maximum Gasteiger partial charge on any atom is 0.414 e. The normalized spacial score (nSPS) is 18.6. The van der Waals surface area contributed by atoms with Crippen molar-refractivity contribution in [3.8, 4) is 17.3 Å². The lowest BCUT2D eigenvalue weighted by molar-refractivity contribution is -0.389. The van der Waals surface area contributed by atoms with Crippen LogP contribution in [0.15, 0.2) is 42.6 Å². The minimum absolute atomic E-state index is 0.0890. The Morgan fingerprint density at radius 3 is 2.87 bits per heavy atom. The molecule has 198 valence electrons. The monoisotopic (exact) mass is 526 g/mol. The summed E-state index contributed by atoms with van der Waals surface area (Å²) in [4.78, 5) is 43.2. The molecule has 0 unspecified atom stereocenters. The van der Waals surface area contributed by atoms with Crippen LogP contribution in [0.2, 0.25) is 0 Å². The highest BCUT2D eigenvalue weighted by Gasteiger charge is 2.33. The van der Waals surface area contributed by atoms with E-state index in [2.05, 4.69) is 9.97 Å². The third-order valence-electron chi connectivity index (χ3n) is 6.11. The second-order valence-corrected chi connectivity index (χ2v) is 8.83. The van der Waals surface area contributed by atoms with E-state index in [4.69, 9.17) is 19.9 Å². The largest absolute Gasteiger partial charge is 0.444 e. The van der Waals surface area contributed by atoms with Gasteiger partial charge in [-0.1, -0.05) is 6.07 Å². The average molecular weight is 526 g/mol. The van der Waals surface area contributed by atoms with Crippen molar-refractivity contribution in [3.63, 3.8) is 0 Å². The number of anilines is 1. The number of pyridine rings is 1. The molecule has 0 saturated carbocycles. The zero-order valence-corrected chi connectivity index (χ0v) is 20.0. The lowest BCUT2D eigenvalue weighted by Crippen LogP contribution is -2.32. The first-order valence-corrected chi connectivity index (χ1v) is 11.7. The predicted molar refractivity (Wildman–Crippen MR) is 129 cm³/mol. The number of ether oxygens (including phenoxy) is 3. The summed E-state index contributed by atoms with van der Waals surface area (Å²) >= 11 is 0. The lowest BCUT2D eigenvalue weighted by Gasteiger charge is -2.22. The number of carbonyl (C=O) groups excluding carboxylic acids is 2. The molecule has 3 aromatic rings. The second kappa shape index (κ2) is 10.4. The molecule has 0 bridgehead atoms. The van der Waals surface area contributed by atoms with Crippen LogP contribution in [0, 0.1) is 15.9 Å². The van der Waals surface area contributed by atoms with Crippen LogP contribution < -0.4 is 15.4 Å². The smallest absolute Gasteiger partial charge is 0.414 e. The number of amides is 2. The van der Waals surface area contributed by atoms with E-state index in [1.54, 1.807) is 24.3 Å². The summed E-state index contributed by atoms with van der Waals surface area (Å²) in [5, 5.41) is 10.9. The van der Waals surface area contributed by atoms with E-state index < -0.39 is 28.8 Å². The predicted octanol–water partition coefficient (Wildman–Crippen LogP) is 2.56. The molecule has 2 aromatic heterocycles. The number of hydrogen-bond donors (Lipinski definition) is 1. The molecule has 2 atom stereocenters. The van der Waals surface area contributed by atoms with Crippen molar-refractivity contribution in [2.75, 3.05) is 18.1 Å². The van der Waals surface area contributed by atoms with E-state index in [0.717, 1.165) is 0 Å². The fourth-order valence-corrected chi connectivity index (χ4v) is 4.24. The third-order valence-corrected chi connectivity index (χ3v) is 6.11. The number of aromatic nitrogens is 3. The average Bonchev–Trinajstić information content (AvgIpc) is 3.49. The fourth-order valence-electron chi connectivity index (χ4n) is 4.24. The van der Waals surface area contributed by atoms with Gasteiger partial charge >= 0.3 is 17.9 Å². The highest BCUT2D eigenvalue weighted by atomic mass is 19.1. The maximum atomic E-state index is 15.1. The summed E-state index contributed by atoms with van der Waals surface area (Å²) in [6.07, 6.45) is 0.178. The number of primary amides is 1. The summed E-state index contributed by atoms with van der Waals surface area (Å²) in [5.74, 6) is -1.36. The standard InChI is InChI=1S/C24H23FN6O7/c25-19-8-15(30-10-16(38-24(30)33)5-7-21(26)32)4-6-18(19)20-3-1-2-14(27-20)12-36-17-9-29-11-22(31(34)35)28-23(29)37-13-17/h1-4,6,8,11,16-17H,5,7,9-10,12-13H2,(H2,26,32)/t16-,17-/m0/s1. The van der Waals surface area contributed by atoms with Crippen LogP contribution in [0.3, 0.4) is 0 Å². The summed E-state index contributed by atoms with van der Waals surface area (Å²) in [7, 11) is 0. The lowest BCUT2D eigenvalue weighted by atomic mass is 10.1. The van der Waals surface area contributed by atoms with Gasteiger partial charge in [-0.25, -0.2) is 9.18 Å². The zero-order chi connectivity index (χ0) is 26.8. The van der Waals surface area contributed by atoms with Crippen molar-refractivity contribution in [1.82, 2.24) is 14.5 Å². The van der Waals surface area contributed by atoms with Crippen LogP contribution >= 0.6 is 0 Å². The molecule has 0 aliphatic carbocycles. The molecule has 0 spiro atoms. The van der Waals surface area contributed by atoms with E-state index >= 15 is 4.39 Å². The van der Waals surface area contributed by atoms with Crippen LogP contribution in [-0.2, 0) is 27.4 Å². The van der Waals surface area contributed by atoms with Gasteiger partial charge in [0.25, 0.3) is 0 Å². The van der Waals surface area contributed by atoms with Gasteiger partial charge in [0.1, 0.15) is 30.8 Å². The highest BCUT2D eigenvalue weighted by Crippen LogP contribution is 2.29. The number of nitrogens with two attached hydrogens (primary N) is 1. The molecule has 4 heterocycles. The van der Waals surface area contributed by atoms with Crippen molar-refractivity contribution >= 4 is 23.5 Å². The van der Waals surface area contributed by atoms with Gasteiger partial charge in [-0.05, 0) is 41.7 Å². The van der Waals surface area contributed by atoms with Crippen molar-refractivity contribution < 1.29 is 33.1 Å². The van der Waals surface area contributed by atoms with E-state index in [1.807, 2.05) is 0 Å². The van der Waals surface area contributed by atoms with Gasteiger partial charge in [0.15, 0.2) is 0 Å². The summed E-state index contributed by atoms with van der Waals surface area (Å²) in [6, 6.07) is 9.65. The van der Waals surface area contributed by atoms with Crippen molar-refractivity contribution in [2.24, 2.45) is 5.73 Å². The molecular formula is C24H23FN6O7. The Morgan fingerprint density at radius 2 is 2.11 bits per heavy atom. The Kier molecular flexibility index (Phi) is 6.87. The number of benzene rings is 1. The Morgan fingerprint density at radius 1 is 1.26 bits per heavy atom. The molecule has 1 fully saturated rings. The quantitative estimate of drug-likeness (QED) is 0.326. The molecule has 1 aromatic carbocycles. The van der Waals surface area contributed by atoms with Crippen LogP contribution in [0.5, 0.6) is 6.01 Å². The van der Waals surface area contributed by atoms with Crippen LogP contribution in [-0.4, -0.2) is 56.8 Å². The van der Waals surface area contributed by atoms with Crippen molar-refractivity contribution in [2.45, 2.75) is 38.2 Å². The molecule has 14 heteroatoms. The first-order valence-electron chi connectivity index (χ1n) is 11.7. The molecule has 5 rings (SSSR count). The molecular weight excluding hydrogens is 503 g/mol. The number of cyclic esters (lactones) is 1. The molecule has 13 nitrogen and oxygen atoms in total. The van der Waals surface area contributed by atoms with Crippen LogP contribution in [0.1, 0.15) is 18.5 Å². The number of carbonyl (C=O) groups is 2. The number of nitro groups is 1. The molecule has 2 N–H and O–H groups in total. The topological polar surface area (TPSA) is 165 Å². The first-order chi connectivity index (χ1) is 18.3. The molecule has 2 aliphatic rings. The Hall–Kier alpha value is -4.59. The van der Waals surface area contributed by atoms with Crippen LogP contribution in [0.25, 0.3) is 11.3 Å². The summed E-state index contributed by atoms with van der Waals surface area (Å²) in [6.45, 7) is 0.801. The van der Waals surface area contributed by atoms with E-state index in [9.17, 15) is 19.7 Å². The highest BCUT2D eigenvalue weighted by molar-refractivity contribution is 5.90. The SMILES string of the molecule is NC(=O)CC[C@H]1CN(c2ccc(-c3cccc(CO[C@@H]4COc5nc([N+](=O)[O-])cn5C4)n3)c(F)c2)C(=O)O1. The minimum Gasteiger partial charge on any atom is -0.444 e. The van der Waals surface area contributed by atoms with Gasteiger partial charge < -0.3 is 30.1 Å². The van der Waals surface area contributed by atoms with E-state index in [0.29, 0.717) is 30.0 Å². The van der Waals surface area contributed by atoms with Gasteiger partial charge in [0.2, 0.25) is 5.91 Å². The Balaban J connectivity index is 1.22. The molecule has 2 aliphatic heterocycles. The Bertz CT molecular complexity index is 1400. The molecule has 1 saturated heterocycles. The van der Waals surface area contributed by atoms with Gasteiger partial charge in [-0.2, -0.15) is 0 Å². The van der Waals surface area contributed by atoms with E-state index in [-0.39, 0.29) is 49.7 Å². The molecule has 0 radical (unpaired) electrons. The number of hydrogen-bond acceptors (Lipinski definition) is 9. The number of fused-ring (bicyclic) bond motifs is 1.